The molecule has 20 heavy (non-hydrogen) atoms. The summed E-state index contributed by atoms with van der Waals surface area (Å²) in [7, 11) is 0. The Kier molecular flexibility index (Phi) is 4.99. The largest absolute Gasteiger partial charge is 0.508 e. The van der Waals surface area contributed by atoms with Crippen LogP contribution in [0.5, 0.6) is 5.75 Å². The van der Waals surface area contributed by atoms with Gasteiger partial charge in [-0.3, -0.25) is 0 Å². The molecule has 0 aliphatic rings. The molecule has 0 saturated heterocycles. The maximum Gasteiger partial charge on any atom is 0.120 e. The predicted molar refractivity (Wildman–Crippen MR) is 82.8 cm³/mol. The first-order chi connectivity index (χ1) is 9.58. The van der Waals surface area contributed by atoms with E-state index in [1.807, 2.05) is 37.3 Å². The van der Waals surface area contributed by atoms with Gasteiger partial charge in [-0.1, -0.05) is 37.3 Å². The number of phenols is 1. The first-order valence-corrected chi connectivity index (χ1v) is 7.16. The van der Waals surface area contributed by atoms with Crippen LogP contribution in [0.4, 0.5) is 0 Å². The standard InChI is InChI=1S/C17H23NO2/c1-12(9-13(2)19)10-18-11-16-15-6-4-3-5-14(15)7-8-17(16)20/h3-8,12-13,18-20H,9-11H2,1-2H3. The van der Waals surface area contributed by atoms with Crippen LogP contribution in [0.3, 0.4) is 0 Å². The highest BCUT2D eigenvalue weighted by molar-refractivity contribution is 5.87. The van der Waals surface area contributed by atoms with E-state index in [9.17, 15) is 10.2 Å². The minimum atomic E-state index is -0.266. The maximum atomic E-state index is 10.0. The first kappa shape index (κ1) is 14.8. The molecule has 108 valence electrons. The fourth-order valence-corrected chi connectivity index (χ4v) is 2.62. The van der Waals surface area contributed by atoms with Gasteiger partial charge in [0, 0.05) is 12.1 Å². The molecule has 0 bridgehead atoms. The topological polar surface area (TPSA) is 52.5 Å². The van der Waals surface area contributed by atoms with Crippen LogP contribution >= 0.6 is 0 Å². The average Bonchev–Trinajstić information content (AvgIpc) is 2.40. The molecule has 2 aromatic rings. The third-order valence-corrected chi connectivity index (χ3v) is 3.55. The highest BCUT2D eigenvalue weighted by Gasteiger charge is 2.09. The van der Waals surface area contributed by atoms with Crippen molar-refractivity contribution in [2.24, 2.45) is 5.92 Å². The van der Waals surface area contributed by atoms with Crippen molar-refractivity contribution in [1.82, 2.24) is 5.32 Å². The lowest BCUT2D eigenvalue weighted by Gasteiger charge is -2.15. The second kappa shape index (κ2) is 6.73. The minimum Gasteiger partial charge on any atom is -0.508 e. The number of rotatable bonds is 6. The van der Waals surface area contributed by atoms with E-state index in [1.54, 1.807) is 6.07 Å². The van der Waals surface area contributed by atoms with E-state index in [2.05, 4.69) is 12.2 Å². The van der Waals surface area contributed by atoms with Crippen LogP contribution in [0.25, 0.3) is 10.8 Å². The lowest BCUT2D eigenvalue weighted by atomic mass is 10.0. The van der Waals surface area contributed by atoms with Crippen LogP contribution in [0, 0.1) is 5.92 Å². The second-order valence-electron chi connectivity index (χ2n) is 5.61. The van der Waals surface area contributed by atoms with Gasteiger partial charge in [-0.25, -0.2) is 0 Å². The molecule has 2 rings (SSSR count). The van der Waals surface area contributed by atoms with E-state index in [1.165, 1.54) is 0 Å². The van der Waals surface area contributed by atoms with E-state index in [0.717, 1.165) is 29.3 Å². The smallest absolute Gasteiger partial charge is 0.120 e. The number of hydrogen-bond acceptors (Lipinski definition) is 3. The molecule has 0 aromatic heterocycles. The molecule has 3 heteroatoms. The normalized spacial score (nSPS) is 14.3. The third kappa shape index (κ3) is 3.71. The summed E-state index contributed by atoms with van der Waals surface area (Å²) in [5.74, 6) is 0.742. The quantitative estimate of drug-likeness (QED) is 0.758. The molecule has 2 atom stereocenters. The molecule has 2 aromatic carbocycles. The zero-order valence-electron chi connectivity index (χ0n) is 12.1. The van der Waals surface area contributed by atoms with E-state index in [0.29, 0.717) is 18.2 Å². The molecule has 0 heterocycles. The Bertz CT molecular complexity index is 566. The third-order valence-electron chi connectivity index (χ3n) is 3.55. The van der Waals surface area contributed by atoms with Crippen LogP contribution in [0.1, 0.15) is 25.8 Å². The number of phenolic OH excluding ortho intramolecular Hbond substituents is 1. The van der Waals surface area contributed by atoms with E-state index in [4.69, 9.17) is 0 Å². The molecule has 0 fully saturated rings. The van der Waals surface area contributed by atoms with Crippen molar-refractivity contribution in [1.29, 1.82) is 0 Å². The van der Waals surface area contributed by atoms with Crippen molar-refractivity contribution >= 4 is 10.8 Å². The fourth-order valence-electron chi connectivity index (χ4n) is 2.62. The lowest BCUT2D eigenvalue weighted by Crippen LogP contribution is -2.23. The second-order valence-corrected chi connectivity index (χ2v) is 5.61. The Morgan fingerprint density at radius 3 is 2.60 bits per heavy atom. The van der Waals surface area contributed by atoms with Crippen molar-refractivity contribution in [3.05, 3.63) is 42.0 Å². The fraction of sp³-hybridized carbons (Fsp3) is 0.412. The van der Waals surface area contributed by atoms with Crippen LogP contribution in [0.2, 0.25) is 0 Å². The summed E-state index contributed by atoms with van der Waals surface area (Å²) in [5.41, 5.74) is 0.937. The Balaban J connectivity index is 2.04. The van der Waals surface area contributed by atoms with Crippen molar-refractivity contribution in [2.75, 3.05) is 6.54 Å². The summed E-state index contributed by atoms with van der Waals surface area (Å²) in [6.07, 6.45) is 0.520. The SMILES string of the molecule is CC(O)CC(C)CNCc1c(O)ccc2ccccc12. The monoisotopic (exact) mass is 273 g/mol. The number of aliphatic hydroxyl groups is 1. The number of nitrogens with one attached hydrogen (secondary N) is 1. The highest BCUT2D eigenvalue weighted by atomic mass is 16.3. The summed E-state index contributed by atoms with van der Waals surface area (Å²) < 4.78 is 0. The number of aromatic hydroxyl groups is 1. The van der Waals surface area contributed by atoms with Gasteiger partial charge in [0.25, 0.3) is 0 Å². The maximum absolute atomic E-state index is 10.0. The molecule has 0 aliphatic carbocycles. The van der Waals surface area contributed by atoms with Gasteiger partial charge in [-0.05, 0) is 42.6 Å². The van der Waals surface area contributed by atoms with Gasteiger partial charge in [-0.2, -0.15) is 0 Å². The van der Waals surface area contributed by atoms with E-state index < -0.39 is 0 Å². The van der Waals surface area contributed by atoms with E-state index in [-0.39, 0.29) is 6.10 Å². The number of fused-ring (bicyclic) bond motifs is 1. The summed E-state index contributed by atoms with van der Waals surface area (Å²) in [4.78, 5) is 0. The summed E-state index contributed by atoms with van der Waals surface area (Å²) in [6.45, 7) is 5.39. The Hall–Kier alpha value is -1.58. The molecule has 0 amide bonds. The Morgan fingerprint density at radius 2 is 1.85 bits per heavy atom. The lowest BCUT2D eigenvalue weighted by molar-refractivity contribution is 0.163. The van der Waals surface area contributed by atoms with Gasteiger partial charge >= 0.3 is 0 Å². The number of hydrogen-bond donors (Lipinski definition) is 3. The van der Waals surface area contributed by atoms with Crippen LogP contribution < -0.4 is 5.32 Å². The van der Waals surface area contributed by atoms with Gasteiger partial charge in [0.05, 0.1) is 6.10 Å². The zero-order valence-corrected chi connectivity index (χ0v) is 12.1. The minimum absolute atomic E-state index is 0.266. The van der Waals surface area contributed by atoms with Crippen LogP contribution in [-0.2, 0) is 6.54 Å². The van der Waals surface area contributed by atoms with Crippen molar-refractivity contribution in [3.63, 3.8) is 0 Å². The van der Waals surface area contributed by atoms with E-state index >= 15 is 0 Å². The summed E-state index contributed by atoms with van der Waals surface area (Å²) in [5, 5.41) is 25.0. The Morgan fingerprint density at radius 1 is 1.10 bits per heavy atom. The van der Waals surface area contributed by atoms with Crippen molar-refractivity contribution in [3.8, 4) is 5.75 Å². The van der Waals surface area contributed by atoms with Gasteiger partial charge in [-0.15, -0.1) is 0 Å². The van der Waals surface area contributed by atoms with Crippen LogP contribution in [0.15, 0.2) is 36.4 Å². The van der Waals surface area contributed by atoms with Crippen molar-refractivity contribution in [2.45, 2.75) is 32.9 Å². The zero-order chi connectivity index (χ0) is 14.5. The molecule has 0 radical (unpaired) electrons. The molecular formula is C17H23NO2. The number of benzene rings is 2. The molecular weight excluding hydrogens is 250 g/mol. The molecule has 3 N–H and O–H groups in total. The van der Waals surface area contributed by atoms with Gasteiger partial charge in [0.2, 0.25) is 0 Å². The highest BCUT2D eigenvalue weighted by Crippen LogP contribution is 2.26. The predicted octanol–water partition coefficient (Wildman–Crippen LogP) is 3.04. The average molecular weight is 273 g/mol. The summed E-state index contributed by atoms with van der Waals surface area (Å²) in [6, 6.07) is 11.8. The molecule has 0 saturated carbocycles. The summed E-state index contributed by atoms with van der Waals surface area (Å²) >= 11 is 0. The molecule has 3 nitrogen and oxygen atoms in total. The number of aliphatic hydroxyl groups excluding tert-OH is 1. The molecule has 2 unspecified atom stereocenters. The molecule has 0 aliphatic heterocycles. The Labute approximate surface area is 120 Å². The van der Waals surface area contributed by atoms with Crippen LogP contribution in [-0.4, -0.2) is 22.9 Å². The first-order valence-electron chi connectivity index (χ1n) is 7.16. The van der Waals surface area contributed by atoms with Gasteiger partial charge in [0.1, 0.15) is 5.75 Å². The van der Waals surface area contributed by atoms with Crippen molar-refractivity contribution < 1.29 is 10.2 Å². The van der Waals surface area contributed by atoms with Gasteiger partial charge < -0.3 is 15.5 Å². The molecule has 0 spiro atoms. The van der Waals surface area contributed by atoms with Gasteiger partial charge in [0.15, 0.2) is 0 Å².